The molecule has 2 N–H and O–H groups in total. The molecule has 0 spiro atoms. The quantitative estimate of drug-likeness (QED) is 0.276. The van der Waals surface area contributed by atoms with E-state index in [0.717, 1.165) is 31.4 Å². The monoisotopic (exact) mass is 512 g/mol. The molecule has 5 nitrogen and oxygen atoms in total. The maximum absolute atomic E-state index is 13.0. The maximum Gasteiger partial charge on any atom is 0.416 e. The van der Waals surface area contributed by atoms with Crippen LogP contribution in [0, 0.1) is 5.92 Å². The van der Waals surface area contributed by atoms with Gasteiger partial charge in [-0.1, -0.05) is 57.4 Å². The number of carbonyl (C=O) groups is 2. The number of hydrogen-bond acceptors (Lipinski definition) is 3. The summed E-state index contributed by atoms with van der Waals surface area (Å²) in [6.45, 7) is 4.95. The van der Waals surface area contributed by atoms with E-state index in [4.69, 9.17) is 4.74 Å². The molecule has 196 valence electrons. The summed E-state index contributed by atoms with van der Waals surface area (Å²) in [5.74, 6) is -0.518. The normalized spacial score (nSPS) is 12.0. The van der Waals surface area contributed by atoms with Crippen LogP contribution in [0.1, 0.15) is 45.1 Å². The van der Waals surface area contributed by atoms with Gasteiger partial charge in [0, 0.05) is 11.4 Å². The minimum Gasteiger partial charge on any atom is -0.493 e. The lowest BCUT2D eigenvalue weighted by molar-refractivity contribution is -0.137. The van der Waals surface area contributed by atoms with Crippen molar-refractivity contribution in [3.63, 3.8) is 0 Å². The number of carbonyl (C=O) groups excluding carboxylic acids is 2. The highest BCUT2D eigenvalue weighted by molar-refractivity contribution is 6.43. The molecule has 3 aromatic carbocycles. The van der Waals surface area contributed by atoms with Gasteiger partial charge < -0.3 is 15.4 Å². The third kappa shape index (κ3) is 8.37. The minimum absolute atomic E-state index is 0.341. The average Bonchev–Trinajstić information content (AvgIpc) is 2.89. The number of benzene rings is 3. The highest BCUT2D eigenvalue weighted by Gasteiger charge is 2.30. The first-order valence-corrected chi connectivity index (χ1v) is 12.3. The van der Waals surface area contributed by atoms with Gasteiger partial charge in [0.25, 0.3) is 0 Å². The zero-order chi connectivity index (χ0) is 26.8. The Kier molecular flexibility index (Phi) is 9.71. The van der Waals surface area contributed by atoms with Crippen molar-refractivity contribution in [3.8, 4) is 16.9 Å². The second kappa shape index (κ2) is 12.9. The topological polar surface area (TPSA) is 67.4 Å². The van der Waals surface area contributed by atoms with Gasteiger partial charge in [-0.25, -0.2) is 0 Å². The standard InChI is InChI=1S/C29H31F3N2O3/c1-3-5-7-20(4-2)19-37-26-16-14-25(15-17-26)34-28(36)27(35)33-24-12-10-21(11-13-24)22-8-6-9-23(18-22)29(30,31)32/h6,8-18,20H,3-5,7,19H2,1-2H3,(H,33,35)(H,34,36). The van der Waals surface area contributed by atoms with E-state index in [1.807, 2.05) is 0 Å². The SMILES string of the molecule is CCCCC(CC)COc1ccc(NC(=O)C(=O)Nc2ccc(-c3cccc(C(F)(F)F)c3)cc2)cc1. The third-order valence-corrected chi connectivity index (χ3v) is 6.01. The zero-order valence-electron chi connectivity index (χ0n) is 20.9. The molecule has 2 amide bonds. The first kappa shape index (κ1) is 27.8. The smallest absolute Gasteiger partial charge is 0.416 e. The van der Waals surface area contributed by atoms with Crippen LogP contribution in [-0.2, 0) is 15.8 Å². The van der Waals surface area contributed by atoms with Crippen molar-refractivity contribution in [1.82, 2.24) is 0 Å². The molecular formula is C29H31F3N2O3. The van der Waals surface area contributed by atoms with Gasteiger partial charge >= 0.3 is 18.0 Å². The summed E-state index contributed by atoms with van der Waals surface area (Å²) in [5.41, 5.74) is 0.991. The highest BCUT2D eigenvalue weighted by Crippen LogP contribution is 2.32. The average molecular weight is 513 g/mol. The summed E-state index contributed by atoms with van der Waals surface area (Å²) >= 11 is 0. The maximum atomic E-state index is 13.0. The molecule has 0 fully saturated rings. The molecule has 0 bridgehead atoms. The first-order valence-electron chi connectivity index (χ1n) is 12.3. The molecule has 0 aliphatic carbocycles. The van der Waals surface area contributed by atoms with Crippen LogP contribution in [0.5, 0.6) is 5.75 Å². The summed E-state index contributed by atoms with van der Waals surface area (Å²) in [4.78, 5) is 24.6. The van der Waals surface area contributed by atoms with E-state index >= 15 is 0 Å². The number of rotatable bonds is 10. The fourth-order valence-corrected chi connectivity index (χ4v) is 3.74. The molecule has 0 saturated heterocycles. The lowest BCUT2D eigenvalue weighted by Gasteiger charge is -2.15. The molecule has 1 unspecified atom stereocenters. The van der Waals surface area contributed by atoms with Gasteiger partial charge in [0.05, 0.1) is 12.2 Å². The van der Waals surface area contributed by atoms with Gasteiger partial charge in [0.2, 0.25) is 0 Å². The second-order valence-corrected chi connectivity index (χ2v) is 8.82. The van der Waals surface area contributed by atoms with Crippen molar-refractivity contribution in [2.75, 3.05) is 17.2 Å². The number of amides is 2. The number of unbranched alkanes of at least 4 members (excludes halogenated alkanes) is 1. The zero-order valence-corrected chi connectivity index (χ0v) is 20.9. The molecule has 0 aliphatic heterocycles. The molecule has 0 aromatic heterocycles. The van der Waals surface area contributed by atoms with Gasteiger partial charge in [0.15, 0.2) is 0 Å². The summed E-state index contributed by atoms with van der Waals surface area (Å²) in [6.07, 6.45) is 0.0803. The predicted molar refractivity (Wildman–Crippen MR) is 139 cm³/mol. The first-order chi connectivity index (χ1) is 17.7. The number of ether oxygens (including phenoxy) is 1. The van der Waals surface area contributed by atoms with E-state index in [1.165, 1.54) is 24.6 Å². The molecule has 0 aliphatic rings. The number of nitrogens with one attached hydrogen (secondary N) is 2. The molecule has 8 heteroatoms. The van der Waals surface area contributed by atoms with Crippen LogP contribution in [0.15, 0.2) is 72.8 Å². The Labute approximate surface area is 215 Å². The van der Waals surface area contributed by atoms with Gasteiger partial charge in [-0.2, -0.15) is 13.2 Å². The Morgan fingerprint density at radius 1 is 0.838 bits per heavy atom. The van der Waals surface area contributed by atoms with Crippen molar-refractivity contribution < 1.29 is 27.5 Å². The minimum atomic E-state index is -4.43. The fourth-order valence-electron chi connectivity index (χ4n) is 3.74. The van der Waals surface area contributed by atoms with E-state index in [9.17, 15) is 22.8 Å². The van der Waals surface area contributed by atoms with E-state index < -0.39 is 23.6 Å². The van der Waals surface area contributed by atoms with Gasteiger partial charge in [0.1, 0.15) is 5.75 Å². The second-order valence-electron chi connectivity index (χ2n) is 8.82. The van der Waals surface area contributed by atoms with Crippen LogP contribution in [0.25, 0.3) is 11.1 Å². The van der Waals surface area contributed by atoms with Crippen LogP contribution >= 0.6 is 0 Å². The predicted octanol–water partition coefficient (Wildman–Crippen LogP) is 7.54. The Morgan fingerprint density at radius 3 is 1.97 bits per heavy atom. The number of anilines is 2. The van der Waals surface area contributed by atoms with Gasteiger partial charge in [-0.3, -0.25) is 9.59 Å². The van der Waals surface area contributed by atoms with E-state index in [0.29, 0.717) is 40.8 Å². The Morgan fingerprint density at radius 2 is 1.43 bits per heavy atom. The molecule has 3 aromatic rings. The van der Waals surface area contributed by atoms with E-state index in [-0.39, 0.29) is 0 Å². The molecule has 0 heterocycles. The van der Waals surface area contributed by atoms with Crippen molar-refractivity contribution in [2.24, 2.45) is 5.92 Å². The number of alkyl halides is 3. The van der Waals surface area contributed by atoms with E-state index in [2.05, 4.69) is 24.5 Å². The van der Waals surface area contributed by atoms with Crippen molar-refractivity contribution in [2.45, 2.75) is 45.7 Å². The largest absolute Gasteiger partial charge is 0.493 e. The van der Waals surface area contributed by atoms with Crippen LogP contribution in [0.4, 0.5) is 24.5 Å². The molecule has 3 rings (SSSR count). The van der Waals surface area contributed by atoms with Crippen molar-refractivity contribution in [1.29, 1.82) is 0 Å². The van der Waals surface area contributed by atoms with Crippen molar-refractivity contribution in [3.05, 3.63) is 78.4 Å². The Hall–Kier alpha value is -3.81. The lowest BCUT2D eigenvalue weighted by Crippen LogP contribution is -2.29. The lowest BCUT2D eigenvalue weighted by atomic mass is 10.0. The Balaban J connectivity index is 1.53. The molecule has 0 radical (unpaired) electrons. The van der Waals surface area contributed by atoms with E-state index in [1.54, 1.807) is 42.5 Å². The fraction of sp³-hybridized carbons (Fsp3) is 0.310. The molecule has 37 heavy (non-hydrogen) atoms. The summed E-state index contributed by atoms with van der Waals surface area (Å²) < 4.78 is 44.8. The third-order valence-electron chi connectivity index (χ3n) is 6.01. The Bertz CT molecular complexity index is 1180. The summed E-state index contributed by atoms with van der Waals surface area (Å²) in [6, 6.07) is 18.0. The summed E-state index contributed by atoms with van der Waals surface area (Å²) in [7, 11) is 0. The van der Waals surface area contributed by atoms with Crippen LogP contribution in [0.3, 0.4) is 0 Å². The van der Waals surface area contributed by atoms with Gasteiger partial charge in [-0.05, 0) is 72.0 Å². The van der Waals surface area contributed by atoms with Crippen LogP contribution < -0.4 is 15.4 Å². The number of hydrogen-bond donors (Lipinski definition) is 2. The molecular weight excluding hydrogens is 481 g/mol. The molecule has 0 saturated carbocycles. The van der Waals surface area contributed by atoms with Gasteiger partial charge in [-0.15, -0.1) is 0 Å². The van der Waals surface area contributed by atoms with Crippen LogP contribution in [0.2, 0.25) is 0 Å². The van der Waals surface area contributed by atoms with Crippen molar-refractivity contribution >= 4 is 23.2 Å². The van der Waals surface area contributed by atoms with Crippen LogP contribution in [-0.4, -0.2) is 18.4 Å². The highest BCUT2D eigenvalue weighted by atomic mass is 19.4. The number of halogens is 3. The summed E-state index contributed by atoms with van der Waals surface area (Å²) in [5, 5.41) is 5.03. The molecule has 1 atom stereocenters.